The van der Waals surface area contributed by atoms with Gasteiger partial charge in [-0.1, -0.05) is 37.2 Å². The third kappa shape index (κ3) is 5.52. The summed E-state index contributed by atoms with van der Waals surface area (Å²) in [6.07, 6.45) is 0. The first-order valence-electron chi connectivity index (χ1n) is 5.79. The molecule has 0 aliphatic rings. The molecule has 0 spiro atoms. The average molecular weight is 290 g/mol. The Hall–Kier alpha value is -0.360. The molecule has 0 atom stereocenters. The Bertz CT molecular complexity index is 287. The van der Waals surface area contributed by atoms with Gasteiger partial charge >= 0.3 is 0 Å². The summed E-state index contributed by atoms with van der Waals surface area (Å²) in [5.41, 5.74) is 0. The third-order valence-electron chi connectivity index (χ3n) is 2.49. The van der Waals surface area contributed by atoms with E-state index in [1.807, 2.05) is 0 Å². The van der Waals surface area contributed by atoms with Gasteiger partial charge in [-0.25, -0.2) is 0 Å². The summed E-state index contributed by atoms with van der Waals surface area (Å²) in [5.74, 6) is -0.230. The molecule has 0 aliphatic carbocycles. The van der Waals surface area contributed by atoms with Crippen LogP contribution in [0.15, 0.2) is 0 Å². The maximum absolute atomic E-state index is 11.8. The lowest BCUT2D eigenvalue weighted by Crippen LogP contribution is -2.47. The molecule has 0 aromatic carbocycles. The highest BCUT2D eigenvalue weighted by atomic mass is 32.1. The van der Waals surface area contributed by atoms with Crippen molar-refractivity contribution in [1.82, 2.24) is 9.80 Å². The second kappa shape index (κ2) is 6.19. The van der Waals surface area contributed by atoms with Crippen molar-refractivity contribution in [3.8, 4) is 0 Å². The largest absolute Gasteiger partial charge is 0.777 e. The Morgan fingerprint density at radius 2 is 1.06 bits per heavy atom. The number of likely N-dealkylation sites (N-methyl/N-ethyl adjacent to an activating group) is 2. The van der Waals surface area contributed by atoms with Crippen LogP contribution < -0.4 is 0 Å². The first kappa shape index (κ1) is 17.6. The second-order valence-electron chi connectivity index (χ2n) is 5.47. The highest BCUT2D eigenvalue weighted by Crippen LogP contribution is 2.09. The van der Waals surface area contributed by atoms with Crippen LogP contribution in [0.1, 0.15) is 27.7 Å². The maximum atomic E-state index is 11.8. The molecule has 0 aliphatic heterocycles. The van der Waals surface area contributed by atoms with Gasteiger partial charge in [0.05, 0.1) is 0 Å². The van der Waals surface area contributed by atoms with Crippen molar-refractivity contribution >= 4 is 37.1 Å². The van der Waals surface area contributed by atoms with Gasteiger partial charge in [0.25, 0.3) is 0 Å². The lowest BCUT2D eigenvalue weighted by atomic mass is 10.1. The van der Waals surface area contributed by atoms with Gasteiger partial charge in [-0.3, -0.25) is 9.59 Å². The Labute approximate surface area is 121 Å². The number of hydrogen-bond acceptors (Lipinski definition) is 4. The lowest BCUT2D eigenvalue weighted by molar-refractivity contribution is -0.135. The number of carbonyl (C=O) groups is 2. The van der Waals surface area contributed by atoms with Crippen molar-refractivity contribution in [1.29, 1.82) is 0 Å². The minimum Gasteiger partial charge on any atom is -0.777 e. The highest BCUT2D eigenvalue weighted by molar-refractivity contribution is 7.61. The van der Waals surface area contributed by atoms with Gasteiger partial charge in [0, 0.05) is 27.2 Å². The number of nitrogens with zero attached hydrogens (tertiary/aromatic N) is 2. The molecule has 0 bridgehead atoms. The van der Waals surface area contributed by atoms with Crippen LogP contribution in [-0.2, 0) is 34.8 Å². The van der Waals surface area contributed by atoms with Gasteiger partial charge in [0.2, 0.25) is 11.8 Å². The zero-order chi connectivity index (χ0) is 14.7. The van der Waals surface area contributed by atoms with E-state index in [0.717, 1.165) is 0 Å². The molecule has 0 rings (SSSR count). The summed E-state index contributed by atoms with van der Waals surface area (Å²) in [6.45, 7) is 7.69. The molecule has 0 radical (unpaired) electrons. The van der Waals surface area contributed by atoms with Gasteiger partial charge < -0.3 is 35.1 Å². The van der Waals surface area contributed by atoms with E-state index in [-0.39, 0.29) is 11.8 Å². The standard InChI is InChI=1S/C12H24N2O2S2/c1-11(2,17)9(15)13(5)7-8-14(6)10(16)12(3,4)18/h17-18H,7-8H2,1-6H3/p-2. The molecule has 0 N–H and O–H groups in total. The summed E-state index contributed by atoms with van der Waals surface area (Å²) >= 11 is 10.2. The Morgan fingerprint density at radius 3 is 1.22 bits per heavy atom. The van der Waals surface area contributed by atoms with E-state index in [1.165, 1.54) is 0 Å². The van der Waals surface area contributed by atoms with Crippen molar-refractivity contribution in [2.24, 2.45) is 0 Å². The molecule has 4 nitrogen and oxygen atoms in total. The van der Waals surface area contributed by atoms with E-state index in [4.69, 9.17) is 25.3 Å². The van der Waals surface area contributed by atoms with E-state index < -0.39 is 9.49 Å². The molecule has 0 aromatic heterocycles. The van der Waals surface area contributed by atoms with E-state index in [0.29, 0.717) is 13.1 Å². The second-order valence-corrected chi connectivity index (χ2v) is 7.52. The average Bonchev–Trinajstić information content (AvgIpc) is 2.20. The molecule has 0 saturated heterocycles. The molecule has 0 saturated carbocycles. The SMILES string of the molecule is CN(CCN(C)C(=O)C(C)(C)[S-])C(=O)C(C)(C)[S-]. The zero-order valence-corrected chi connectivity index (χ0v) is 13.6. The summed E-state index contributed by atoms with van der Waals surface area (Å²) in [4.78, 5) is 26.8. The Morgan fingerprint density at radius 1 is 0.833 bits per heavy atom. The third-order valence-corrected chi connectivity index (χ3v) is 2.84. The molecular weight excluding hydrogens is 268 g/mol. The van der Waals surface area contributed by atoms with Gasteiger partial charge in [0.1, 0.15) is 0 Å². The fourth-order valence-electron chi connectivity index (χ4n) is 1.42. The van der Waals surface area contributed by atoms with Gasteiger partial charge in [-0.2, -0.15) is 0 Å². The Balaban J connectivity index is 4.35. The van der Waals surface area contributed by atoms with Crippen LogP contribution in [0.2, 0.25) is 0 Å². The fraction of sp³-hybridized carbons (Fsp3) is 0.833. The van der Waals surface area contributed by atoms with Gasteiger partial charge in [0.15, 0.2) is 0 Å². The molecule has 6 heteroatoms. The van der Waals surface area contributed by atoms with Crippen LogP contribution in [-0.4, -0.2) is 58.3 Å². The first-order valence-corrected chi connectivity index (χ1v) is 6.61. The van der Waals surface area contributed by atoms with Gasteiger partial charge in [-0.05, 0) is 0 Å². The van der Waals surface area contributed by atoms with Crippen molar-refractivity contribution in [2.75, 3.05) is 27.2 Å². The van der Waals surface area contributed by atoms with E-state index in [9.17, 15) is 9.59 Å². The van der Waals surface area contributed by atoms with Crippen molar-refractivity contribution in [3.05, 3.63) is 0 Å². The lowest BCUT2D eigenvalue weighted by Gasteiger charge is -2.38. The quantitative estimate of drug-likeness (QED) is 0.694. The molecule has 106 valence electrons. The van der Waals surface area contributed by atoms with Crippen LogP contribution >= 0.6 is 0 Å². The summed E-state index contributed by atoms with van der Waals surface area (Å²) in [6, 6.07) is 0. The Kier molecular flexibility index (Phi) is 6.07. The smallest absolute Gasteiger partial charge is 0.203 e. The van der Waals surface area contributed by atoms with Crippen molar-refractivity contribution in [2.45, 2.75) is 37.2 Å². The van der Waals surface area contributed by atoms with Crippen LogP contribution in [0.25, 0.3) is 0 Å². The fourth-order valence-corrected chi connectivity index (χ4v) is 1.73. The molecular formula is C12H22N2O2S2-2. The molecule has 18 heavy (non-hydrogen) atoms. The summed E-state index contributed by atoms with van der Waals surface area (Å²) < 4.78 is -1.62. The van der Waals surface area contributed by atoms with Crippen LogP contribution in [0.5, 0.6) is 0 Å². The first-order chi connectivity index (χ1) is 7.87. The monoisotopic (exact) mass is 290 g/mol. The van der Waals surface area contributed by atoms with Gasteiger partial charge in [-0.15, -0.1) is 0 Å². The van der Waals surface area contributed by atoms with E-state index in [1.54, 1.807) is 51.6 Å². The van der Waals surface area contributed by atoms with Crippen LogP contribution in [0.3, 0.4) is 0 Å². The molecule has 0 heterocycles. The molecule has 0 fully saturated rings. The zero-order valence-electron chi connectivity index (χ0n) is 11.9. The van der Waals surface area contributed by atoms with Crippen LogP contribution in [0.4, 0.5) is 0 Å². The van der Waals surface area contributed by atoms with Crippen LogP contribution in [0, 0.1) is 0 Å². The minimum atomic E-state index is -0.811. The predicted molar refractivity (Wildman–Crippen MR) is 78.2 cm³/mol. The highest BCUT2D eigenvalue weighted by Gasteiger charge is 2.20. The normalized spacial score (nSPS) is 12.2. The minimum absolute atomic E-state index is 0.115. The summed E-state index contributed by atoms with van der Waals surface area (Å²) in [5, 5.41) is 0. The summed E-state index contributed by atoms with van der Waals surface area (Å²) in [7, 11) is 3.38. The number of carbonyl (C=O) groups excluding carboxylic acids is 2. The van der Waals surface area contributed by atoms with Crippen molar-refractivity contribution in [3.63, 3.8) is 0 Å². The predicted octanol–water partition coefficient (Wildman–Crippen LogP) is 0.554. The molecule has 0 unspecified atom stereocenters. The number of hydrogen-bond donors (Lipinski definition) is 0. The van der Waals surface area contributed by atoms with E-state index >= 15 is 0 Å². The maximum Gasteiger partial charge on any atom is 0.203 e. The molecule has 0 aromatic rings. The van der Waals surface area contributed by atoms with Crippen molar-refractivity contribution < 1.29 is 9.59 Å². The topological polar surface area (TPSA) is 40.6 Å². The van der Waals surface area contributed by atoms with E-state index in [2.05, 4.69) is 0 Å². The molecule has 2 amide bonds. The number of rotatable bonds is 5. The number of amides is 2.